The molecular weight excluding hydrogens is 487 g/mol. The molecule has 164 valence electrons. The molecule has 0 fully saturated rings. The van der Waals surface area contributed by atoms with Crippen LogP contribution in [0.2, 0.25) is 0 Å². The van der Waals surface area contributed by atoms with Gasteiger partial charge in [0.05, 0.1) is 6.04 Å². The number of nitrogens with one attached hydrogen (secondary N) is 2. The van der Waals surface area contributed by atoms with E-state index in [-0.39, 0.29) is 30.0 Å². The van der Waals surface area contributed by atoms with Crippen molar-refractivity contribution in [3.8, 4) is 0 Å². The second-order valence-corrected chi connectivity index (χ2v) is 7.59. The number of guanidine groups is 1. The van der Waals surface area contributed by atoms with Crippen LogP contribution >= 0.6 is 24.0 Å². The van der Waals surface area contributed by atoms with E-state index in [9.17, 15) is 0 Å². The highest BCUT2D eigenvalue weighted by Gasteiger charge is 2.09. The van der Waals surface area contributed by atoms with Crippen LogP contribution in [-0.4, -0.2) is 33.8 Å². The Morgan fingerprint density at radius 1 is 1.23 bits per heavy atom. The van der Waals surface area contributed by atoms with E-state index in [0.29, 0.717) is 0 Å². The van der Waals surface area contributed by atoms with E-state index >= 15 is 0 Å². The third kappa shape index (κ3) is 7.74. The average molecular weight is 522 g/mol. The molecule has 0 aliphatic heterocycles. The van der Waals surface area contributed by atoms with Gasteiger partial charge >= 0.3 is 0 Å². The molecule has 1 aliphatic rings. The molecule has 0 spiro atoms. The van der Waals surface area contributed by atoms with Crippen molar-refractivity contribution in [3.05, 3.63) is 59.7 Å². The summed E-state index contributed by atoms with van der Waals surface area (Å²) in [7, 11) is 0. The number of halogens is 1. The molecule has 2 aromatic rings. The molecule has 1 heterocycles. The zero-order valence-electron chi connectivity index (χ0n) is 18.2. The first-order chi connectivity index (χ1) is 14.3. The minimum Gasteiger partial charge on any atom is -0.355 e. The lowest BCUT2D eigenvalue weighted by atomic mass is 9.97. The Kier molecular flexibility index (Phi) is 10.9. The number of aryl methyl sites for hydroxylation is 1. The van der Waals surface area contributed by atoms with Crippen molar-refractivity contribution in [2.75, 3.05) is 13.1 Å². The molecule has 0 amide bonds. The van der Waals surface area contributed by atoms with E-state index in [0.717, 1.165) is 44.3 Å². The molecule has 0 saturated carbocycles. The predicted molar refractivity (Wildman–Crippen MR) is 134 cm³/mol. The van der Waals surface area contributed by atoms with Crippen LogP contribution in [-0.2, 0) is 13.0 Å². The highest BCUT2D eigenvalue weighted by atomic mass is 127. The standard InChI is InChI=1S/C23H34N6.HI/c1-3-22-28-26-18-29(22)17-16-25-23(24-15-14-20-10-6-4-7-11-20)27-19(2)21-12-8-5-9-13-21;/h5,8-10,12-13,18-19H,3-4,6-7,11,14-17H2,1-2H3,(H2,24,25,27);1H. The van der Waals surface area contributed by atoms with E-state index in [1.54, 1.807) is 11.9 Å². The maximum atomic E-state index is 4.86. The Balaban J connectivity index is 0.00000320. The van der Waals surface area contributed by atoms with Crippen molar-refractivity contribution in [1.82, 2.24) is 25.4 Å². The van der Waals surface area contributed by atoms with Gasteiger partial charge in [0.15, 0.2) is 5.96 Å². The largest absolute Gasteiger partial charge is 0.355 e. The van der Waals surface area contributed by atoms with Crippen LogP contribution in [0.5, 0.6) is 0 Å². The number of aliphatic imine (C=N–C) groups is 1. The van der Waals surface area contributed by atoms with Crippen molar-refractivity contribution < 1.29 is 0 Å². The first kappa shape index (κ1) is 24.4. The average Bonchev–Trinajstić information content (AvgIpc) is 3.22. The van der Waals surface area contributed by atoms with E-state index in [1.165, 1.54) is 31.2 Å². The monoisotopic (exact) mass is 522 g/mol. The molecule has 2 N–H and O–H groups in total. The van der Waals surface area contributed by atoms with Crippen LogP contribution < -0.4 is 10.6 Å². The fourth-order valence-electron chi connectivity index (χ4n) is 3.66. The van der Waals surface area contributed by atoms with Gasteiger partial charge < -0.3 is 15.2 Å². The van der Waals surface area contributed by atoms with Crippen molar-refractivity contribution in [2.24, 2.45) is 4.99 Å². The topological polar surface area (TPSA) is 67.1 Å². The second-order valence-electron chi connectivity index (χ2n) is 7.59. The lowest BCUT2D eigenvalue weighted by molar-refractivity contribution is 0.618. The summed E-state index contributed by atoms with van der Waals surface area (Å²) in [5.74, 6) is 1.88. The fourth-order valence-corrected chi connectivity index (χ4v) is 3.66. The summed E-state index contributed by atoms with van der Waals surface area (Å²) in [6.45, 7) is 6.69. The van der Waals surface area contributed by atoms with E-state index < -0.39 is 0 Å². The van der Waals surface area contributed by atoms with Gasteiger partial charge in [-0.2, -0.15) is 0 Å². The summed E-state index contributed by atoms with van der Waals surface area (Å²) in [4.78, 5) is 4.86. The van der Waals surface area contributed by atoms with E-state index in [2.05, 4.69) is 69.6 Å². The molecule has 6 nitrogen and oxygen atoms in total. The number of hydrogen-bond acceptors (Lipinski definition) is 3. The fraction of sp³-hybridized carbons (Fsp3) is 0.522. The van der Waals surface area contributed by atoms with Gasteiger partial charge in [-0.05, 0) is 44.6 Å². The molecule has 1 unspecified atom stereocenters. The summed E-state index contributed by atoms with van der Waals surface area (Å²) in [5, 5.41) is 15.2. The molecule has 0 bridgehead atoms. The first-order valence-corrected chi connectivity index (χ1v) is 10.9. The van der Waals surface area contributed by atoms with Crippen LogP contribution in [0.4, 0.5) is 0 Å². The third-order valence-electron chi connectivity index (χ3n) is 5.40. The molecule has 3 rings (SSSR count). The molecule has 7 heteroatoms. The van der Waals surface area contributed by atoms with Crippen LogP contribution in [0, 0.1) is 0 Å². The van der Waals surface area contributed by atoms with Gasteiger partial charge in [-0.25, -0.2) is 0 Å². The van der Waals surface area contributed by atoms with Crippen molar-refractivity contribution in [1.29, 1.82) is 0 Å². The van der Waals surface area contributed by atoms with E-state index in [4.69, 9.17) is 4.99 Å². The van der Waals surface area contributed by atoms with Gasteiger partial charge in [0.25, 0.3) is 0 Å². The highest BCUT2D eigenvalue weighted by molar-refractivity contribution is 14.0. The van der Waals surface area contributed by atoms with Crippen LogP contribution in [0.15, 0.2) is 53.3 Å². The molecule has 1 aromatic carbocycles. The molecule has 1 aromatic heterocycles. The zero-order chi connectivity index (χ0) is 20.3. The summed E-state index contributed by atoms with van der Waals surface area (Å²) < 4.78 is 2.10. The number of allylic oxidation sites excluding steroid dienone is 1. The second kappa shape index (κ2) is 13.4. The SMILES string of the molecule is CCc1nncn1CCNC(=NCCC1=CCCCC1)NC(C)c1ccccc1.I. The number of nitrogens with zero attached hydrogens (tertiary/aromatic N) is 4. The summed E-state index contributed by atoms with van der Waals surface area (Å²) in [5.41, 5.74) is 2.82. The Morgan fingerprint density at radius 2 is 2.07 bits per heavy atom. The van der Waals surface area contributed by atoms with Gasteiger partial charge in [0.2, 0.25) is 0 Å². The number of benzene rings is 1. The summed E-state index contributed by atoms with van der Waals surface area (Å²) in [6, 6.07) is 10.7. The molecule has 30 heavy (non-hydrogen) atoms. The normalized spacial score (nSPS) is 15.1. The van der Waals surface area contributed by atoms with Gasteiger partial charge in [0, 0.05) is 26.1 Å². The Hall–Kier alpha value is -1.90. The number of aromatic nitrogens is 3. The van der Waals surface area contributed by atoms with Gasteiger partial charge in [0.1, 0.15) is 12.2 Å². The maximum absolute atomic E-state index is 4.86. The minimum absolute atomic E-state index is 0. The van der Waals surface area contributed by atoms with Crippen molar-refractivity contribution >= 4 is 29.9 Å². The third-order valence-corrected chi connectivity index (χ3v) is 5.40. The van der Waals surface area contributed by atoms with Crippen LogP contribution in [0.3, 0.4) is 0 Å². The first-order valence-electron chi connectivity index (χ1n) is 10.9. The Morgan fingerprint density at radius 3 is 2.80 bits per heavy atom. The molecule has 0 saturated heterocycles. The summed E-state index contributed by atoms with van der Waals surface area (Å²) in [6.07, 6.45) is 11.3. The van der Waals surface area contributed by atoms with Crippen molar-refractivity contribution in [3.63, 3.8) is 0 Å². The highest BCUT2D eigenvalue weighted by Crippen LogP contribution is 2.19. The van der Waals surface area contributed by atoms with Crippen LogP contribution in [0.25, 0.3) is 0 Å². The smallest absolute Gasteiger partial charge is 0.191 e. The molecule has 0 radical (unpaired) electrons. The molecular formula is C23H35IN6. The Labute approximate surface area is 197 Å². The van der Waals surface area contributed by atoms with E-state index in [1.807, 2.05) is 6.07 Å². The van der Waals surface area contributed by atoms with Gasteiger partial charge in [-0.15, -0.1) is 34.2 Å². The molecule has 1 atom stereocenters. The minimum atomic E-state index is 0. The lowest BCUT2D eigenvalue weighted by Crippen LogP contribution is -2.40. The zero-order valence-corrected chi connectivity index (χ0v) is 20.5. The quantitative estimate of drug-likeness (QED) is 0.218. The number of hydrogen-bond donors (Lipinski definition) is 2. The van der Waals surface area contributed by atoms with Crippen LogP contribution in [0.1, 0.15) is 63.4 Å². The number of rotatable bonds is 9. The predicted octanol–water partition coefficient (Wildman–Crippen LogP) is 4.65. The summed E-state index contributed by atoms with van der Waals surface area (Å²) >= 11 is 0. The molecule has 1 aliphatic carbocycles. The lowest BCUT2D eigenvalue weighted by Gasteiger charge is -2.19. The van der Waals surface area contributed by atoms with Gasteiger partial charge in [-0.1, -0.05) is 48.9 Å². The maximum Gasteiger partial charge on any atom is 0.191 e. The Bertz CT molecular complexity index is 799. The van der Waals surface area contributed by atoms with Gasteiger partial charge in [-0.3, -0.25) is 4.99 Å². The van der Waals surface area contributed by atoms with Crippen molar-refractivity contribution in [2.45, 2.75) is 65.0 Å².